The molecule has 2 atom stereocenters. The molecule has 148 valence electrons. The van der Waals surface area contributed by atoms with Crippen LogP contribution in [0.25, 0.3) is 0 Å². The molecule has 0 unspecified atom stereocenters. The lowest BCUT2D eigenvalue weighted by Crippen LogP contribution is -2.48. The molecule has 3 aliphatic carbocycles. The zero-order valence-electron chi connectivity index (χ0n) is 16.3. The van der Waals surface area contributed by atoms with Crippen molar-refractivity contribution in [2.24, 2.45) is 17.3 Å². The van der Waals surface area contributed by atoms with E-state index in [9.17, 15) is 9.59 Å². The maximum Gasteiger partial charge on any atom is 0.256 e. The summed E-state index contributed by atoms with van der Waals surface area (Å²) in [6.45, 7) is 5.53. The number of allylic oxidation sites excluding steroid dienone is 1. The van der Waals surface area contributed by atoms with E-state index >= 15 is 0 Å². The van der Waals surface area contributed by atoms with Gasteiger partial charge in [-0.05, 0) is 48.0 Å². The molecule has 6 nitrogen and oxygen atoms in total. The first kappa shape index (κ1) is 18.9. The molecule has 2 bridgehead atoms. The maximum absolute atomic E-state index is 12.2. The lowest BCUT2D eigenvalue weighted by Gasteiger charge is -2.56. The second kappa shape index (κ2) is 7.54. The SMILES string of the molecule is CC1(C)[C@H]2CC=C(CCNC(=O)Cn3cc(NC(=O)c4ccsc4)cn3)[C@@H]1C2. The molecular formula is C21H26N4O2S. The van der Waals surface area contributed by atoms with Crippen molar-refractivity contribution in [3.05, 3.63) is 46.4 Å². The molecule has 7 heteroatoms. The summed E-state index contributed by atoms with van der Waals surface area (Å²) in [6.07, 6.45) is 9.02. The van der Waals surface area contributed by atoms with Gasteiger partial charge in [0.15, 0.2) is 0 Å². The lowest BCUT2D eigenvalue weighted by atomic mass is 9.48. The standard InChI is InChI=1S/C21H26N4O2S/c1-21(2)16-4-3-14(18(21)9-16)5-7-22-19(26)12-25-11-17(10-23-25)24-20(27)15-6-8-28-13-15/h3,6,8,10-11,13,16,18H,4-5,7,9,12H2,1-2H3,(H,22,26)(H,24,27)/t16-,18-/m0/s1. The molecule has 2 aromatic heterocycles. The van der Waals surface area contributed by atoms with E-state index in [1.54, 1.807) is 23.8 Å². The van der Waals surface area contributed by atoms with E-state index < -0.39 is 0 Å². The molecule has 2 aromatic rings. The van der Waals surface area contributed by atoms with Crippen molar-refractivity contribution in [2.45, 2.75) is 39.7 Å². The number of hydrogen-bond acceptors (Lipinski definition) is 4. The molecule has 2 heterocycles. The van der Waals surface area contributed by atoms with E-state index in [1.807, 2.05) is 5.38 Å². The van der Waals surface area contributed by atoms with Crippen LogP contribution < -0.4 is 10.6 Å². The highest BCUT2D eigenvalue weighted by Gasteiger charge is 2.50. The average Bonchev–Trinajstić information content (AvgIpc) is 3.34. The van der Waals surface area contributed by atoms with Gasteiger partial charge in [-0.25, -0.2) is 0 Å². The number of carbonyl (C=O) groups is 2. The monoisotopic (exact) mass is 398 g/mol. The first-order chi connectivity index (χ1) is 13.4. The second-order valence-electron chi connectivity index (χ2n) is 8.31. The van der Waals surface area contributed by atoms with Crippen LogP contribution in [-0.4, -0.2) is 28.1 Å². The summed E-state index contributed by atoms with van der Waals surface area (Å²) in [5.41, 5.74) is 3.13. The molecule has 0 radical (unpaired) electrons. The highest BCUT2D eigenvalue weighted by Crippen LogP contribution is 2.59. The molecular weight excluding hydrogens is 372 g/mol. The minimum Gasteiger partial charge on any atom is -0.354 e. The number of carbonyl (C=O) groups excluding carboxylic acids is 2. The van der Waals surface area contributed by atoms with Crippen LogP contribution in [0, 0.1) is 17.3 Å². The van der Waals surface area contributed by atoms with Gasteiger partial charge in [0, 0.05) is 18.1 Å². The number of anilines is 1. The van der Waals surface area contributed by atoms with Gasteiger partial charge in [0.1, 0.15) is 6.54 Å². The quantitative estimate of drug-likeness (QED) is 0.699. The van der Waals surface area contributed by atoms with E-state index in [0.29, 0.717) is 29.1 Å². The van der Waals surface area contributed by atoms with Crippen LogP contribution in [0.15, 0.2) is 40.9 Å². The predicted octanol–water partition coefficient (Wildman–Crippen LogP) is 3.70. The van der Waals surface area contributed by atoms with E-state index in [0.717, 1.165) is 12.3 Å². The van der Waals surface area contributed by atoms with E-state index in [1.165, 1.54) is 34.4 Å². The van der Waals surface area contributed by atoms with E-state index in [2.05, 4.69) is 35.7 Å². The van der Waals surface area contributed by atoms with Crippen molar-refractivity contribution >= 4 is 28.8 Å². The Hall–Kier alpha value is -2.41. The number of fused-ring (bicyclic) bond motifs is 1. The summed E-state index contributed by atoms with van der Waals surface area (Å²) in [6, 6.07) is 1.77. The van der Waals surface area contributed by atoms with Crippen LogP contribution in [0.2, 0.25) is 0 Å². The number of hydrogen-bond donors (Lipinski definition) is 2. The first-order valence-electron chi connectivity index (χ1n) is 9.75. The summed E-state index contributed by atoms with van der Waals surface area (Å²) in [7, 11) is 0. The third-order valence-electron chi connectivity index (χ3n) is 6.30. The first-order valence-corrected chi connectivity index (χ1v) is 10.7. The van der Waals surface area contributed by atoms with Gasteiger partial charge in [-0.15, -0.1) is 0 Å². The van der Waals surface area contributed by atoms with Gasteiger partial charge in [-0.3, -0.25) is 14.3 Å². The molecule has 0 saturated heterocycles. The highest BCUT2D eigenvalue weighted by atomic mass is 32.1. The van der Waals surface area contributed by atoms with Crippen LogP contribution in [0.5, 0.6) is 0 Å². The minimum absolute atomic E-state index is 0.0685. The summed E-state index contributed by atoms with van der Waals surface area (Å²) in [5.74, 6) is 1.28. The average molecular weight is 399 g/mol. The Morgan fingerprint density at radius 3 is 2.96 bits per heavy atom. The fourth-order valence-electron chi connectivity index (χ4n) is 4.42. The van der Waals surface area contributed by atoms with Crippen molar-refractivity contribution in [3.63, 3.8) is 0 Å². The number of nitrogens with zero attached hydrogens (tertiary/aromatic N) is 2. The van der Waals surface area contributed by atoms with E-state index in [4.69, 9.17) is 0 Å². The number of thiophene rings is 1. The predicted molar refractivity (Wildman–Crippen MR) is 110 cm³/mol. The summed E-state index contributed by atoms with van der Waals surface area (Å²) >= 11 is 1.47. The van der Waals surface area contributed by atoms with Gasteiger partial charge in [-0.1, -0.05) is 25.5 Å². The molecule has 0 aliphatic heterocycles. The van der Waals surface area contributed by atoms with Gasteiger partial charge >= 0.3 is 0 Å². The molecule has 1 saturated carbocycles. The van der Waals surface area contributed by atoms with Gasteiger partial charge in [0.25, 0.3) is 5.91 Å². The van der Waals surface area contributed by atoms with Crippen LogP contribution in [0.3, 0.4) is 0 Å². The Balaban J connectivity index is 1.22. The van der Waals surface area contributed by atoms with Crippen molar-refractivity contribution in [2.75, 3.05) is 11.9 Å². The van der Waals surface area contributed by atoms with Gasteiger partial charge < -0.3 is 10.6 Å². The Morgan fingerprint density at radius 1 is 1.39 bits per heavy atom. The van der Waals surface area contributed by atoms with Crippen LogP contribution in [0.4, 0.5) is 5.69 Å². The normalized spacial score (nSPS) is 22.1. The minimum atomic E-state index is -0.174. The largest absolute Gasteiger partial charge is 0.354 e. The smallest absolute Gasteiger partial charge is 0.256 e. The summed E-state index contributed by atoms with van der Waals surface area (Å²) in [4.78, 5) is 24.3. The number of aromatic nitrogens is 2. The van der Waals surface area contributed by atoms with Gasteiger partial charge in [0.2, 0.25) is 5.91 Å². The zero-order valence-corrected chi connectivity index (χ0v) is 17.1. The zero-order chi connectivity index (χ0) is 19.7. The van der Waals surface area contributed by atoms with Crippen LogP contribution in [0.1, 0.15) is 43.5 Å². The third kappa shape index (κ3) is 3.76. The van der Waals surface area contributed by atoms with Crippen molar-refractivity contribution < 1.29 is 9.59 Å². The Bertz CT molecular complexity index is 897. The molecule has 2 amide bonds. The molecule has 28 heavy (non-hydrogen) atoms. The number of rotatable bonds is 7. The van der Waals surface area contributed by atoms with Gasteiger partial charge in [0.05, 0.1) is 17.4 Å². The maximum atomic E-state index is 12.2. The lowest BCUT2D eigenvalue weighted by molar-refractivity contribution is -0.121. The van der Waals surface area contributed by atoms with Crippen molar-refractivity contribution in [1.29, 1.82) is 0 Å². The van der Waals surface area contributed by atoms with Crippen LogP contribution in [-0.2, 0) is 11.3 Å². The Kier molecular flexibility index (Phi) is 5.10. The van der Waals surface area contributed by atoms with Gasteiger partial charge in [-0.2, -0.15) is 16.4 Å². The molecule has 0 spiro atoms. The van der Waals surface area contributed by atoms with Crippen LogP contribution >= 0.6 is 11.3 Å². The number of nitrogens with one attached hydrogen (secondary N) is 2. The molecule has 0 aromatic carbocycles. The van der Waals surface area contributed by atoms with Crippen molar-refractivity contribution in [3.8, 4) is 0 Å². The highest BCUT2D eigenvalue weighted by molar-refractivity contribution is 7.08. The molecule has 5 rings (SSSR count). The fourth-order valence-corrected chi connectivity index (χ4v) is 5.05. The van der Waals surface area contributed by atoms with E-state index in [-0.39, 0.29) is 18.4 Å². The Labute approximate surface area is 169 Å². The molecule has 3 aliphatic rings. The van der Waals surface area contributed by atoms with Crippen molar-refractivity contribution in [1.82, 2.24) is 15.1 Å². The third-order valence-corrected chi connectivity index (χ3v) is 6.98. The topological polar surface area (TPSA) is 76.0 Å². The molecule has 1 fully saturated rings. The summed E-state index contributed by atoms with van der Waals surface area (Å²) < 4.78 is 1.54. The fraction of sp³-hybridized carbons (Fsp3) is 0.476. The second-order valence-corrected chi connectivity index (χ2v) is 9.09. The number of amides is 2. The summed E-state index contributed by atoms with van der Waals surface area (Å²) in [5, 5.41) is 13.6. The Morgan fingerprint density at radius 2 is 2.25 bits per heavy atom. The molecule has 2 N–H and O–H groups in total.